The van der Waals surface area contributed by atoms with Gasteiger partial charge in [0.2, 0.25) is 5.82 Å². The van der Waals surface area contributed by atoms with Crippen LogP contribution in [-0.2, 0) is 6.54 Å². The highest BCUT2D eigenvalue weighted by molar-refractivity contribution is 7.13. The molecule has 1 aliphatic heterocycles. The van der Waals surface area contributed by atoms with Crippen LogP contribution in [0.4, 0.5) is 0 Å². The van der Waals surface area contributed by atoms with Crippen molar-refractivity contribution < 1.29 is 14.3 Å². The van der Waals surface area contributed by atoms with Crippen molar-refractivity contribution in [3.05, 3.63) is 95.2 Å². The molecule has 0 saturated carbocycles. The van der Waals surface area contributed by atoms with Gasteiger partial charge in [0.05, 0.1) is 4.88 Å². The maximum Gasteiger partial charge on any atom is 0.282 e. The van der Waals surface area contributed by atoms with Gasteiger partial charge in [0, 0.05) is 11.1 Å². The molecular formula is C24H26N4OS+2. The first-order valence-corrected chi connectivity index (χ1v) is 11.4. The van der Waals surface area contributed by atoms with Crippen molar-refractivity contribution in [2.24, 2.45) is 0 Å². The highest BCUT2D eigenvalue weighted by atomic mass is 32.1. The second-order valence-electron chi connectivity index (χ2n) is 7.83. The van der Waals surface area contributed by atoms with Crippen LogP contribution >= 0.6 is 11.3 Å². The molecule has 2 aromatic carbocycles. The van der Waals surface area contributed by atoms with Crippen LogP contribution in [-0.4, -0.2) is 36.3 Å². The number of hydrogen-bond acceptors (Lipinski definition) is 4. The molecular weight excluding hydrogens is 392 g/mol. The SMILES string of the molecule is c1ccc(C(c2ccccc2)[NH+]2CC[NH+](Cc3nc(-c4cccs4)no3)CC2)cc1. The maximum absolute atomic E-state index is 5.52. The van der Waals surface area contributed by atoms with E-state index in [1.54, 1.807) is 16.2 Å². The average Bonchev–Trinajstić information content (AvgIpc) is 3.49. The lowest BCUT2D eigenvalue weighted by Crippen LogP contribution is -3.27. The van der Waals surface area contributed by atoms with Crippen LogP contribution in [0.15, 0.2) is 82.7 Å². The molecule has 2 N–H and O–H groups in total. The van der Waals surface area contributed by atoms with Gasteiger partial charge in [0.15, 0.2) is 6.54 Å². The molecule has 152 valence electrons. The Labute approximate surface area is 180 Å². The Hall–Kier alpha value is -2.80. The van der Waals surface area contributed by atoms with Crippen molar-refractivity contribution >= 4 is 11.3 Å². The summed E-state index contributed by atoms with van der Waals surface area (Å²) in [6, 6.07) is 26.2. The lowest BCUT2D eigenvalue weighted by atomic mass is 9.96. The van der Waals surface area contributed by atoms with E-state index >= 15 is 0 Å². The second-order valence-corrected chi connectivity index (χ2v) is 8.78. The molecule has 3 heterocycles. The molecule has 1 fully saturated rings. The molecule has 0 bridgehead atoms. The van der Waals surface area contributed by atoms with E-state index in [0.717, 1.165) is 43.5 Å². The van der Waals surface area contributed by atoms with Crippen molar-refractivity contribution in [1.82, 2.24) is 10.1 Å². The van der Waals surface area contributed by atoms with Crippen molar-refractivity contribution in [2.45, 2.75) is 12.6 Å². The fraction of sp³-hybridized carbons (Fsp3) is 0.250. The highest BCUT2D eigenvalue weighted by Gasteiger charge is 2.32. The van der Waals surface area contributed by atoms with Gasteiger partial charge < -0.3 is 14.3 Å². The molecule has 0 radical (unpaired) electrons. The number of quaternary nitrogens is 2. The van der Waals surface area contributed by atoms with Crippen LogP contribution in [0.5, 0.6) is 0 Å². The Bertz CT molecular complexity index is 1000. The van der Waals surface area contributed by atoms with Gasteiger partial charge in [0.25, 0.3) is 5.89 Å². The zero-order chi connectivity index (χ0) is 20.2. The summed E-state index contributed by atoms with van der Waals surface area (Å²) in [5.41, 5.74) is 2.78. The number of rotatable bonds is 6. The summed E-state index contributed by atoms with van der Waals surface area (Å²) < 4.78 is 5.52. The van der Waals surface area contributed by atoms with Gasteiger partial charge >= 0.3 is 0 Å². The average molecular weight is 419 g/mol. The summed E-state index contributed by atoms with van der Waals surface area (Å²) in [6.45, 7) is 5.24. The fourth-order valence-electron chi connectivity index (χ4n) is 4.39. The predicted molar refractivity (Wildman–Crippen MR) is 117 cm³/mol. The van der Waals surface area contributed by atoms with Crippen LogP contribution in [0.3, 0.4) is 0 Å². The van der Waals surface area contributed by atoms with E-state index in [1.165, 1.54) is 16.0 Å². The number of aromatic nitrogens is 2. The van der Waals surface area contributed by atoms with Crippen LogP contribution in [0.1, 0.15) is 23.1 Å². The molecule has 0 spiro atoms. The molecule has 1 aliphatic rings. The maximum atomic E-state index is 5.52. The minimum absolute atomic E-state index is 0.378. The Morgan fingerprint density at radius 2 is 1.50 bits per heavy atom. The van der Waals surface area contributed by atoms with E-state index in [0.29, 0.717) is 11.9 Å². The highest BCUT2D eigenvalue weighted by Crippen LogP contribution is 2.21. The molecule has 4 aromatic rings. The second kappa shape index (κ2) is 8.92. The monoisotopic (exact) mass is 418 g/mol. The summed E-state index contributed by atoms with van der Waals surface area (Å²) >= 11 is 1.64. The number of thiophene rings is 1. The zero-order valence-electron chi connectivity index (χ0n) is 16.8. The van der Waals surface area contributed by atoms with Crippen molar-refractivity contribution in [1.29, 1.82) is 0 Å². The molecule has 0 unspecified atom stereocenters. The Kier molecular flexibility index (Phi) is 5.70. The molecule has 0 atom stereocenters. The Morgan fingerprint density at radius 3 is 2.10 bits per heavy atom. The van der Waals surface area contributed by atoms with Crippen molar-refractivity contribution in [3.63, 3.8) is 0 Å². The first kappa shape index (κ1) is 19.2. The van der Waals surface area contributed by atoms with E-state index in [4.69, 9.17) is 4.52 Å². The summed E-state index contributed by atoms with van der Waals surface area (Å²) in [6.07, 6.45) is 0. The van der Waals surface area contributed by atoms with Crippen LogP contribution < -0.4 is 9.80 Å². The third-order valence-corrected chi connectivity index (χ3v) is 6.75. The first-order valence-electron chi connectivity index (χ1n) is 10.5. The van der Waals surface area contributed by atoms with Gasteiger partial charge in [0.1, 0.15) is 32.2 Å². The summed E-state index contributed by atoms with van der Waals surface area (Å²) in [7, 11) is 0. The third-order valence-electron chi connectivity index (χ3n) is 5.88. The van der Waals surface area contributed by atoms with E-state index < -0.39 is 0 Å². The van der Waals surface area contributed by atoms with E-state index in [-0.39, 0.29) is 0 Å². The number of nitrogens with one attached hydrogen (secondary N) is 2. The molecule has 5 nitrogen and oxygen atoms in total. The van der Waals surface area contributed by atoms with Gasteiger partial charge in [-0.1, -0.05) is 71.9 Å². The summed E-state index contributed by atoms with van der Waals surface area (Å²) in [5.74, 6) is 1.44. The molecule has 6 heteroatoms. The van der Waals surface area contributed by atoms with Gasteiger partial charge in [-0.2, -0.15) is 4.98 Å². The van der Waals surface area contributed by atoms with Gasteiger partial charge in [-0.25, -0.2) is 0 Å². The van der Waals surface area contributed by atoms with Gasteiger partial charge in [-0.05, 0) is 11.4 Å². The minimum Gasteiger partial charge on any atom is -0.333 e. The summed E-state index contributed by atoms with van der Waals surface area (Å²) in [4.78, 5) is 8.80. The van der Waals surface area contributed by atoms with E-state index in [9.17, 15) is 0 Å². The molecule has 5 rings (SSSR count). The molecule has 1 saturated heterocycles. The number of nitrogens with zero attached hydrogens (tertiary/aromatic N) is 2. The number of benzene rings is 2. The first-order chi connectivity index (χ1) is 14.9. The Balaban J connectivity index is 1.26. The van der Waals surface area contributed by atoms with Crippen molar-refractivity contribution in [2.75, 3.05) is 26.2 Å². The molecule has 0 amide bonds. The molecule has 2 aromatic heterocycles. The number of piperazine rings is 1. The standard InChI is InChI=1S/C24H24N4OS/c1-3-8-19(9-4-1)23(20-10-5-2-6-11-20)28-15-13-27(14-16-28)18-22-25-24(26-29-22)21-12-7-17-30-21/h1-12,17,23H,13-16,18H2/p+2. The largest absolute Gasteiger partial charge is 0.333 e. The topological polar surface area (TPSA) is 47.8 Å². The van der Waals surface area contributed by atoms with Crippen LogP contribution in [0.2, 0.25) is 0 Å². The van der Waals surface area contributed by atoms with E-state index in [2.05, 4.69) is 70.8 Å². The quantitative estimate of drug-likeness (QED) is 0.503. The predicted octanol–water partition coefficient (Wildman–Crippen LogP) is 1.87. The lowest BCUT2D eigenvalue weighted by Gasteiger charge is -2.34. The van der Waals surface area contributed by atoms with E-state index in [1.807, 2.05) is 17.5 Å². The Morgan fingerprint density at radius 1 is 0.833 bits per heavy atom. The zero-order valence-corrected chi connectivity index (χ0v) is 17.6. The normalized spacial score (nSPS) is 19.2. The third kappa shape index (κ3) is 4.21. The molecule has 0 aliphatic carbocycles. The van der Waals surface area contributed by atoms with Crippen molar-refractivity contribution in [3.8, 4) is 10.7 Å². The van der Waals surface area contributed by atoms with Gasteiger partial charge in [-0.3, -0.25) is 0 Å². The van der Waals surface area contributed by atoms with Crippen LogP contribution in [0, 0.1) is 0 Å². The van der Waals surface area contributed by atoms with Crippen LogP contribution in [0.25, 0.3) is 10.7 Å². The minimum atomic E-state index is 0.378. The molecule has 30 heavy (non-hydrogen) atoms. The summed E-state index contributed by atoms with van der Waals surface area (Å²) in [5, 5.41) is 6.19. The fourth-order valence-corrected chi connectivity index (χ4v) is 5.04. The lowest BCUT2D eigenvalue weighted by molar-refractivity contribution is -1.03. The number of hydrogen-bond donors (Lipinski definition) is 2. The smallest absolute Gasteiger partial charge is 0.282 e. The van der Waals surface area contributed by atoms with Gasteiger partial charge in [-0.15, -0.1) is 11.3 Å².